The summed E-state index contributed by atoms with van der Waals surface area (Å²) in [6.07, 6.45) is 8.36. The number of aromatic nitrogens is 2. The number of esters is 1. The van der Waals surface area contributed by atoms with Crippen LogP contribution in [0.3, 0.4) is 0 Å². The molecule has 0 amide bonds. The molecule has 0 bridgehead atoms. The molecule has 1 aliphatic heterocycles. The number of fused-ring (bicyclic) bond motifs is 1. The van der Waals surface area contributed by atoms with Gasteiger partial charge in [-0.15, -0.1) is 0 Å². The van der Waals surface area contributed by atoms with Gasteiger partial charge in [0.15, 0.2) is 0 Å². The smallest absolute Gasteiger partial charge is 1.00 e. The Morgan fingerprint density at radius 1 is 1.42 bits per heavy atom. The second-order valence-corrected chi connectivity index (χ2v) is 6.21. The first-order chi connectivity index (χ1) is 11.1. The minimum atomic E-state index is -0.456. The van der Waals surface area contributed by atoms with Crippen LogP contribution in [0.5, 0.6) is 0 Å². The molecule has 1 saturated heterocycles. The monoisotopic (exact) mass is 376 g/mol. The zero-order valence-electron chi connectivity index (χ0n) is 20.0. The molecule has 1 N–H and O–H groups in total. The summed E-state index contributed by atoms with van der Waals surface area (Å²) >= 11 is 0. The molecule has 3 rings (SSSR count). The standard InChI is InChI=1S/C11H14N2O3.C6H12O.K.5H/c1-16-11(15)5-10(14)7-2-3-9-8(4-7)6-12-13-9;1-6-4-2-3-5-7-6;;;;;;/h6-7H,2-5H2,1H3,(H,12,13);6H,2-5H2,1H3;;;;;;/q;;+1;5*-1/i;;;5*1+2. The van der Waals surface area contributed by atoms with E-state index in [2.05, 4.69) is 21.9 Å². The van der Waals surface area contributed by atoms with Crippen LogP contribution in [-0.4, -0.2) is 41.8 Å². The average Bonchev–Trinajstić information content (AvgIpc) is 3.03. The molecule has 2 atom stereocenters. The zero-order valence-corrected chi connectivity index (χ0v) is 18.1. The van der Waals surface area contributed by atoms with E-state index in [0.717, 1.165) is 30.7 Å². The number of H-pyrrole nitrogens is 1. The van der Waals surface area contributed by atoms with E-state index >= 15 is 0 Å². The van der Waals surface area contributed by atoms with Crippen molar-refractivity contribution in [2.75, 3.05) is 13.7 Å². The van der Waals surface area contributed by atoms with Gasteiger partial charge in [0.05, 0.1) is 19.4 Å². The van der Waals surface area contributed by atoms with Gasteiger partial charge < -0.3 is 16.6 Å². The van der Waals surface area contributed by atoms with E-state index in [1.165, 1.54) is 26.4 Å². The van der Waals surface area contributed by atoms with Crippen LogP contribution >= 0.6 is 0 Å². The summed E-state index contributed by atoms with van der Waals surface area (Å²) in [4.78, 5) is 22.8. The quantitative estimate of drug-likeness (QED) is 0.448. The van der Waals surface area contributed by atoms with Crippen molar-refractivity contribution in [2.45, 2.75) is 58.0 Å². The average molecular weight is 377 g/mol. The molecule has 2 aliphatic rings. The molecule has 0 spiro atoms. The summed E-state index contributed by atoms with van der Waals surface area (Å²) in [5.74, 6) is -0.550. The summed E-state index contributed by atoms with van der Waals surface area (Å²) < 4.78 is 9.77. The Bertz CT molecular complexity index is 546. The van der Waals surface area contributed by atoms with Gasteiger partial charge in [0.25, 0.3) is 0 Å². The van der Waals surface area contributed by atoms with Crippen molar-refractivity contribution >= 4 is 11.8 Å². The molecule has 2 unspecified atom stereocenters. The Hall–Kier alpha value is -0.0536. The molecule has 1 aliphatic carbocycles. The molecule has 2 heterocycles. The molecule has 1 aromatic heterocycles. The molecule has 138 valence electrons. The van der Waals surface area contributed by atoms with Gasteiger partial charge in [-0.1, -0.05) is 0 Å². The SMILES string of the molecule is CC1CCCCO1.COC(=O)CC(=O)C1CCc2[nH]ncc2C1.[3H-].[3H-].[3H-].[3H-].[3H-].[K+]. The van der Waals surface area contributed by atoms with Crippen LogP contribution in [0.1, 0.15) is 57.4 Å². The van der Waals surface area contributed by atoms with Crippen molar-refractivity contribution in [3.8, 4) is 0 Å². The number of Topliss-reactive ketones (excluding diaryl/α,β-unsaturated/α-hetero) is 1. The van der Waals surface area contributed by atoms with E-state index in [4.69, 9.17) is 4.74 Å². The molecule has 7 heteroatoms. The van der Waals surface area contributed by atoms with Crippen LogP contribution in [0, 0.1) is 5.92 Å². The topological polar surface area (TPSA) is 81.3 Å². The van der Waals surface area contributed by atoms with E-state index < -0.39 is 5.97 Å². The first-order valence-corrected chi connectivity index (χ1v) is 8.32. The summed E-state index contributed by atoms with van der Waals surface area (Å²) in [6.45, 7) is 3.13. The number of ether oxygens (including phenoxy) is 2. The van der Waals surface area contributed by atoms with E-state index in [1.807, 2.05) is 0 Å². The number of ketones is 1. The van der Waals surface area contributed by atoms with Crippen molar-refractivity contribution in [1.29, 1.82) is 0 Å². The molecule has 0 aromatic carbocycles. The summed E-state index contributed by atoms with van der Waals surface area (Å²) in [5.41, 5.74) is 2.21. The van der Waals surface area contributed by atoms with Crippen molar-refractivity contribution in [3.63, 3.8) is 0 Å². The fourth-order valence-corrected chi connectivity index (χ4v) is 2.95. The van der Waals surface area contributed by atoms with Crippen molar-refractivity contribution in [3.05, 3.63) is 17.5 Å². The van der Waals surface area contributed by atoms with Crippen LogP contribution in [-0.2, 0) is 31.9 Å². The second-order valence-electron chi connectivity index (χ2n) is 6.21. The van der Waals surface area contributed by atoms with Crippen LogP contribution in [0.25, 0.3) is 0 Å². The van der Waals surface area contributed by atoms with Crippen LogP contribution < -0.4 is 51.4 Å². The number of aromatic amines is 1. The summed E-state index contributed by atoms with van der Waals surface area (Å²) in [7, 11) is 1.30. The number of nitrogens with zero attached hydrogens (tertiary/aromatic N) is 1. The Labute approximate surface area is 193 Å². The van der Waals surface area contributed by atoms with E-state index in [0.29, 0.717) is 12.5 Å². The van der Waals surface area contributed by atoms with Crippen LogP contribution in [0.15, 0.2) is 6.20 Å². The third kappa shape index (κ3) is 7.05. The molecule has 0 saturated carbocycles. The third-order valence-corrected chi connectivity index (χ3v) is 4.43. The molecule has 6 nitrogen and oxygen atoms in total. The Morgan fingerprint density at radius 3 is 2.79 bits per heavy atom. The predicted octanol–water partition coefficient (Wildman–Crippen LogP) is -0.211. The summed E-state index contributed by atoms with van der Waals surface area (Å²) in [6, 6.07) is 0. The minimum Gasteiger partial charge on any atom is -1.00 e. The van der Waals surface area contributed by atoms with Gasteiger partial charge in [0.2, 0.25) is 0 Å². The first-order valence-electron chi connectivity index (χ1n) is 8.32. The molecule has 1 aromatic rings. The zero-order chi connectivity index (χ0) is 16.7. The third-order valence-electron chi connectivity index (χ3n) is 4.43. The number of methoxy groups -OCH3 is 1. The maximum Gasteiger partial charge on any atom is 1.00 e. The van der Waals surface area contributed by atoms with Gasteiger partial charge >= 0.3 is 57.4 Å². The van der Waals surface area contributed by atoms with Gasteiger partial charge in [-0.3, -0.25) is 14.7 Å². The van der Waals surface area contributed by atoms with Crippen molar-refractivity contribution < 1.29 is 77.6 Å². The van der Waals surface area contributed by atoms with Crippen LogP contribution in [0.2, 0.25) is 0 Å². The number of aryl methyl sites for hydroxylation is 1. The maximum absolute atomic E-state index is 11.8. The van der Waals surface area contributed by atoms with E-state index in [-0.39, 0.29) is 76.6 Å². The number of rotatable bonds is 3. The van der Waals surface area contributed by atoms with Gasteiger partial charge in [-0.05, 0) is 51.0 Å². The normalized spacial score (nSPS) is 22.2. The van der Waals surface area contributed by atoms with Crippen LogP contribution in [0.4, 0.5) is 0 Å². The Morgan fingerprint density at radius 2 is 2.21 bits per heavy atom. The number of hydrogen-bond donors (Lipinski definition) is 1. The number of carbonyl (C=O) groups is 2. The number of nitrogens with one attached hydrogen (secondary N) is 1. The van der Waals surface area contributed by atoms with Gasteiger partial charge in [0.1, 0.15) is 12.2 Å². The van der Waals surface area contributed by atoms with Crippen molar-refractivity contribution in [1.82, 2.24) is 10.2 Å². The summed E-state index contributed by atoms with van der Waals surface area (Å²) in [5, 5.41) is 6.86. The molecule has 1 fully saturated rings. The van der Waals surface area contributed by atoms with Crippen molar-refractivity contribution in [2.24, 2.45) is 5.92 Å². The second kappa shape index (κ2) is 11.5. The molecular formula is C17H31KN2O4-4. The largest absolute Gasteiger partial charge is 1.00 e. The molecule has 24 heavy (non-hydrogen) atoms. The predicted molar refractivity (Wildman–Crippen MR) is 90.6 cm³/mol. The van der Waals surface area contributed by atoms with Gasteiger partial charge in [-0.2, -0.15) is 5.10 Å². The first kappa shape index (κ1) is 22.0. The number of hydrogen-bond acceptors (Lipinski definition) is 5. The minimum absolute atomic E-state index is 0. The maximum atomic E-state index is 11.8. The van der Waals surface area contributed by atoms with Gasteiger partial charge in [-0.25, -0.2) is 0 Å². The fourth-order valence-electron chi connectivity index (χ4n) is 2.95. The molecule has 0 radical (unpaired) electrons. The van der Waals surface area contributed by atoms with E-state index in [1.54, 1.807) is 6.20 Å². The Balaban J connectivity index is -0.000000130. The Kier molecular flexibility index (Phi) is 10.6. The number of carbonyl (C=O) groups excluding carboxylic acids is 2. The van der Waals surface area contributed by atoms with Gasteiger partial charge in [0, 0.05) is 18.2 Å². The fraction of sp³-hybridized carbons (Fsp3) is 0.706. The van der Waals surface area contributed by atoms with E-state index in [9.17, 15) is 9.59 Å². The molecular weight excluding hydrogens is 335 g/mol.